The van der Waals surface area contributed by atoms with Crippen molar-refractivity contribution in [2.45, 2.75) is 45.1 Å². The molecular formula is C21H26ClN5O. The number of ether oxygens (including phenoxy) is 1. The molecule has 1 aliphatic carbocycles. The van der Waals surface area contributed by atoms with Crippen LogP contribution in [0.4, 0.5) is 5.82 Å². The van der Waals surface area contributed by atoms with Crippen molar-refractivity contribution < 1.29 is 4.74 Å². The van der Waals surface area contributed by atoms with Crippen LogP contribution in [0.15, 0.2) is 42.9 Å². The number of aromatic nitrogens is 4. The molecule has 0 aliphatic heterocycles. The molecular weight excluding hydrogens is 374 g/mol. The molecule has 3 aromatic rings. The molecule has 1 fully saturated rings. The van der Waals surface area contributed by atoms with E-state index in [-0.39, 0.29) is 12.4 Å². The predicted octanol–water partition coefficient (Wildman–Crippen LogP) is 4.81. The Kier molecular flexibility index (Phi) is 6.52. The molecule has 6 nitrogen and oxygen atoms in total. The molecule has 0 saturated heterocycles. The molecule has 1 saturated carbocycles. The van der Waals surface area contributed by atoms with Crippen LogP contribution in [-0.4, -0.2) is 32.9 Å². The second-order valence-electron chi connectivity index (χ2n) is 7.09. The number of anilines is 1. The molecule has 0 spiro atoms. The number of nitrogens with one attached hydrogen (secondary N) is 1. The average Bonchev–Trinajstić information content (AvgIpc) is 3.15. The minimum absolute atomic E-state index is 0. The van der Waals surface area contributed by atoms with Crippen molar-refractivity contribution in [1.29, 1.82) is 0 Å². The second kappa shape index (κ2) is 9.06. The lowest BCUT2D eigenvalue weighted by molar-refractivity contribution is 0.413. The van der Waals surface area contributed by atoms with Crippen LogP contribution < -0.4 is 10.1 Å². The first kappa shape index (κ1) is 20.1. The highest BCUT2D eigenvalue weighted by Crippen LogP contribution is 2.29. The Hall–Kier alpha value is -2.60. The highest BCUT2D eigenvalue weighted by molar-refractivity contribution is 5.85. The van der Waals surface area contributed by atoms with Gasteiger partial charge in [0.2, 0.25) is 0 Å². The Morgan fingerprint density at radius 3 is 2.54 bits per heavy atom. The van der Waals surface area contributed by atoms with Crippen molar-refractivity contribution in [1.82, 2.24) is 19.7 Å². The SMILES string of the molecule is COc1cc(-c2ccc(NC3CCCCC3)nn2)ccc1-n1cnc(C)c1.Cl. The molecule has 0 radical (unpaired) electrons. The zero-order chi connectivity index (χ0) is 18.6. The zero-order valence-corrected chi connectivity index (χ0v) is 17.1. The molecule has 0 amide bonds. The minimum atomic E-state index is 0. The Balaban J connectivity index is 0.00000225. The third-order valence-electron chi connectivity index (χ3n) is 5.09. The third kappa shape index (κ3) is 4.44. The van der Waals surface area contributed by atoms with Crippen LogP contribution >= 0.6 is 12.4 Å². The van der Waals surface area contributed by atoms with Gasteiger partial charge in [-0.15, -0.1) is 22.6 Å². The molecule has 1 aromatic carbocycles. The normalized spacial score (nSPS) is 14.4. The predicted molar refractivity (Wildman–Crippen MR) is 114 cm³/mol. The summed E-state index contributed by atoms with van der Waals surface area (Å²) in [4.78, 5) is 4.28. The van der Waals surface area contributed by atoms with E-state index < -0.39 is 0 Å². The first-order chi connectivity index (χ1) is 13.2. The van der Waals surface area contributed by atoms with Gasteiger partial charge in [0.25, 0.3) is 0 Å². The van der Waals surface area contributed by atoms with E-state index in [4.69, 9.17) is 4.74 Å². The molecule has 148 valence electrons. The number of methoxy groups -OCH3 is 1. The van der Waals surface area contributed by atoms with Crippen LogP contribution in [0.25, 0.3) is 16.9 Å². The number of imidazole rings is 1. The van der Waals surface area contributed by atoms with Gasteiger partial charge in [-0.05, 0) is 44.0 Å². The Morgan fingerprint density at radius 1 is 1.07 bits per heavy atom. The first-order valence-corrected chi connectivity index (χ1v) is 9.52. The van der Waals surface area contributed by atoms with Crippen LogP contribution in [-0.2, 0) is 0 Å². The number of aryl methyl sites for hydroxylation is 1. The third-order valence-corrected chi connectivity index (χ3v) is 5.09. The molecule has 0 unspecified atom stereocenters. The lowest BCUT2D eigenvalue weighted by Gasteiger charge is -2.22. The van der Waals surface area contributed by atoms with Crippen molar-refractivity contribution in [3.63, 3.8) is 0 Å². The van der Waals surface area contributed by atoms with E-state index >= 15 is 0 Å². The largest absolute Gasteiger partial charge is 0.495 e. The molecule has 0 atom stereocenters. The van der Waals surface area contributed by atoms with E-state index in [1.54, 1.807) is 13.4 Å². The molecule has 7 heteroatoms. The summed E-state index contributed by atoms with van der Waals surface area (Å²) in [5, 5.41) is 12.3. The van der Waals surface area contributed by atoms with Crippen molar-refractivity contribution in [2.24, 2.45) is 0 Å². The summed E-state index contributed by atoms with van der Waals surface area (Å²) in [5.41, 5.74) is 3.72. The van der Waals surface area contributed by atoms with Gasteiger partial charge in [0.05, 0.1) is 30.5 Å². The smallest absolute Gasteiger partial charge is 0.148 e. The monoisotopic (exact) mass is 399 g/mol. The summed E-state index contributed by atoms with van der Waals surface area (Å²) in [6, 6.07) is 10.6. The average molecular weight is 400 g/mol. The van der Waals surface area contributed by atoms with Crippen molar-refractivity contribution >= 4 is 18.2 Å². The summed E-state index contributed by atoms with van der Waals surface area (Å²) < 4.78 is 7.55. The maximum absolute atomic E-state index is 5.59. The number of hydrogen-bond donors (Lipinski definition) is 1. The topological polar surface area (TPSA) is 64.9 Å². The van der Waals surface area contributed by atoms with Crippen LogP contribution in [0.5, 0.6) is 5.75 Å². The Morgan fingerprint density at radius 2 is 1.89 bits per heavy atom. The molecule has 0 bridgehead atoms. The zero-order valence-electron chi connectivity index (χ0n) is 16.3. The summed E-state index contributed by atoms with van der Waals surface area (Å²) in [5.74, 6) is 1.62. The minimum Gasteiger partial charge on any atom is -0.495 e. The fourth-order valence-corrected chi connectivity index (χ4v) is 3.62. The summed E-state index contributed by atoms with van der Waals surface area (Å²) >= 11 is 0. The van der Waals surface area contributed by atoms with E-state index in [2.05, 4.69) is 20.5 Å². The molecule has 1 aliphatic rings. The number of hydrogen-bond acceptors (Lipinski definition) is 5. The van der Waals surface area contributed by atoms with Gasteiger partial charge in [-0.2, -0.15) is 0 Å². The lowest BCUT2D eigenvalue weighted by atomic mass is 9.95. The highest BCUT2D eigenvalue weighted by Gasteiger charge is 2.14. The van der Waals surface area contributed by atoms with E-state index in [9.17, 15) is 0 Å². The Bertz CT molecular complexity index is 903. The van der Waals surface area contributed by atoms with Crippen molar-refractivity contribution in [3.8, 4) is 22.7 Å². The molecule has 2 aromatic heterocycles. The van der Waals surface area contributed by atoms with Crippen LogP contribution in [0, 0.1) is 6.92 Å². The number of benzene rings is 1. The van der Waals surface area contributed by atoms with E-state index in [1.807, 2.05) is 48.0 Å². The van der Waals surface area contributed by atoms with Crippen LogP contribution in [0.1, 0.15) is 37.8 Å². The maximum Gasteiger partial charge on any atom is 0.148 e. The first-order valence-electron chi connectivity index (χ1n) is 9.52. The molecule has 4 rings (SSSR count). The standard InChI is InChI=1S/C21H25N5O.ClH/c1-15-13-26(14-22-15)19-10-8-16(12-20(19)27-2)18-9-11-21(25-24-18)23-17-6-4-3-5-7-17;/h8-14,17H,3-7H2,1-2H3,(H,23,25);1H. The van der Waals surface area contributed by atoms with Gasteiger partial charge in [-0.25, -0.2) is 4.98 Å². The highest BCUT2D eigenvalue weighted by atomic mass is 35.5. The Labute approximate surface area is 171 Å². The fourth-order valence-electron chi connectivity index (χ4n) is 3.62. The molecule has 28 heavy (non-hydrogen) atoms. The van der Waals surface area contributed by atoms with Gasteiger partial charge in [0.15, 0.2) is 0 Å². The van der Waals surface area contributed by atoms with E-state index in [0.717, 1.165) is 34.2 Å². The molecule has 1 N–H and O–H groups in total. The van der Waals surface area contributed by atoms with Crippen molar-refractivity contribution in [2.75, 3.05) is 12.4 Å². The number of halogens is 1. The van der Waals surface area contributed by atoms with Gasteiger partial charge in [0.1, 0.15) is 11.6 Å². The van der Waals surface area contributed by atoms with E-state index in [0.29, 0.717) is 6.04 Å². The summed E-state index contributed by atoms with van der Waals surface area (Å²) in [7, 11) is 1.68. The van der Waals surface area contributed by atoms with Gasteiger partial charge in [-0.1, -0.05) is 25.3 Å². The van der Waals surface area contributed by atoms with Gasteiger partial charge < -0.3 is 14.6 Å². The van der Waals surface area contributed by atoms with Gasteiger partial charge in [-0.3, -0.25) is 0 Å². The van der Waals surface area contributed by atoms with Crippen molar-refractivity contribution in [3.05, 3.63) is 48.5 Å². The lowest BCUT2D eigenvalue weighted by Crippen LogP contribution is -2.22. The number of nitrogens with zero attached hydrogens (tertiary/aromatic N) is 4. The van der Waals surface area contributed by atoms with Gasteiger partial charge in [0, 0.05) is 17.8 Å². The van der Waals surface area contributed by atoms with E-state index in [1.165, 1.54) is 32.1 Å². The number of rotatable bonds is 5. The summed E-state index contributed by atoms with van der Waals surface area (Å²) in [6.45, 7) is 1.97. The second-order valence-corrected chi connectivity index (χ2v) is 7.09. The fraction of sp³-hybridized carbons (Fsp3) is 0.381. The van der Waals surface area contributed by atoms with Crippen LogP contribution in [0.2, 0.25) is 0 Å². The van der Waals surface area contributed by atoms with Crippen LogP contribution in [0.3, 0.4) is 0 Å². The quantitative estimate of drug-likeness (QED) is 0.666. The maximum atomic E-state index is 5.59. The van der Waals surface area contributed by atoms with Gasteiger partial charge >= 0.3 is 0 Å². The summed E-state index contributed by atoms with van der Waals surface area (Å²) in [6.07, 6.45) is 10.1. The molecule has 2 heterocycles.